The second-order valence-corrected chi connectivity index (χ2v) is 5.66. The highest BCUT2D eigenvalue weighted by Crippen LogP contribution is 2.25. The number of carbonyl (C=O) groups is 2. The fourth-order valence-electron chi connectivity index (χ4n) is 1.96. The van der Waals surface area contributed by atoms with Crippen molar-refractivity contribution in [1.82, 2.24) is 0 Å². The van der Waals surface area contributed by atoms with Crippen LogP contribution in [0.4, 0.5) is 15.8 Å². The van der Waals surface area contributed by atoms with Crippen LogP contribution in [-0.4, -0.2) is 18.4 Å². The van der Waals surface area contributed by atoms with Gasteiger partial charge in [-0.1, -0.05) is 23.2 Å². The first-order valence-electron chi connectivity index (χ1n) is 6.65. The lowest BCUT2D eigenvalue weighted by atomic mass is 10.2. The van der Waals surface area contributed by atoms with Crippen molar-refractivity contribution in [2.45, 2.75) is 6.92 Å². The Morgan fingerprint density at radius 2 is 1.65 bits per heavy atom. The molecule has 2 aromatic rings. The molecule has 2 rings (SSSR count). The highest BCUT2D eigenvalue weighted by molar-refractivity contribution is 6.35. The van der Waals surface area contributed by atoms with Crippen molar-refractivity contribution in [2.75, 3.05) is 16.8 Å². The number of nitrogens with zero attached hydrogens (tertiary/aromatic N) is 1. The van der Waals surface area contributed by atoms with Gasteiger partial charge in [0.15, 0.2) is 0 Å². The molecule has 120 valence electrons. The lowest BCUT2D eigenvalue weighted by Gasteiger charge is -2.21. The number of rotatable bonds is 4. The van der Waals surface area contributed by atoms with E-state index in [-0.39, 0.29) is 12.5 Å². The summed E-state index contributed by atoms with van der Waals surface area (Å²) < 4.78 is 12.8. The average Bonchev–Trinajstić information content (AvgIpc) is 2.46. The highest BCUT2D eigenvalue weighted by Gasteiger charge is 2.17. The molecule has 0 aromatic heterocycles. The molecule has 0 aliphatic heterocycles. The van der Waals surface area contributed by atoms with E-state index < -0.39 is 11.7 Å². The van der Waals surface area contributed by atoms with Gasteiger partial charge in [-0.05, 0) is 42.5 Å². The van der Waals surface area contributed by atoms with Crippen molar-refractivity contribution in [3.8, 4) is 0 Å². The first-order chi connectivity index (χ1) is 10.8. The van der Waals surface area contributed by atoms with E-state index in [1.807, 2.05) is 0 Å². The first kappa shape index (κ1) is 17.2. The van der Waals surface area contributed by atoms with Crippen molar-refractivity contribution in [3.05, 3.63) is 58.3 Å². The van der Waals surface area contributed by atoms with E-state index in [0.29, 0.717) is 21.4 Å². The third kappa shape index (κ3) is 4.94. The van der Waals surface area contributed by atoms with Gasteiger partial charge in [-0.3, -0.25) is 9.59 Å². The number of carbonyl (C=O) groups excluding carboxylic acids is 2. The Balaban J connectivity index is 2.14. The van der Waals surface area contributed by atoms with Gasteiger partial charge in [-0.15, -0.1) is 0 Å². The van der Waals surface area contributed by atoms with Gasteiger partial charge in [-0.2, -0.15) is 0 Å². The maximum Gasteiger partial charge on any atom is 0.244 e. The summed E-state index contributed by atoms with van der Waals surface area (Å²) in [5.41, 5.74) is 0.855. The van der Waals surface area contributed by atoms with Crippen LogP contribution in [-0.2, 0) is 9.59 Å². The number of hydrogen-bond acceptors (Lipinski definition) is 2. The van der Waals surface area contributed by atoms with E-state index in [2.05, 4.69) is 5.32 Å². The molecule has 0 bridgehead atoms. The van der Waals surface area contributed by atoms with Crippen molar-refractivity contribution in [3.63, 3.8) is 0 Å². The first-order valence-corrected chi connectivity index (χ1v) is 7.40. The van der Waals surface area contributed by atoms with Gasteiger partial charge >= 0.3 is 0 Å². The standard InChI is InChI=1S/C16H13Cl2FN2O2/c1-10(22)21(15-7-11(17)6-12(18)8-15)9-16(23)20-14-4-2-13(19)3-5-14/h2-8H,9H2,1H3,(H,20,23). The summed E-state index contributed by atoms with van der Waals surface area (Å²) in [6, 6.07) is 9.94. The molecular formula is C16H13Cl2FN2O2. The maximum atomic E-state index is 12.8. The minimum absolute atomic E-state index is 0.219. The Kier molecular flexibility index (Phi) is 5.58. The van der Waals surface area contributed by atoms with Crippen LogP contribution >= 0.6 is 23.2 Å². The number of amides is 2. The molecule has 0 aliphatic rings. The maximum absolute atomic E-state index is 12.8. The predicted octanol–water partition coefficient (Wildman–Crippen LogP) is 4.12. The lowest BCUT2D eigenvalue weighted by Crippen LogP contribution is -2.36. The molecule has 1 N–H and O–H groups in total. The molecule has 0 saturated heterocycles. The third-order valence-electron chi connectivity index (χ3n) is 2.97. The molecule has 4 nitrogen and oxygen atoms in total. The number of nitrogens with one attached hydrogen (secondary N) is 1. The largest absolute Gasteiger partial charge is 0.325 e. The number of benzene rings is 2. The van der Waals surface area contributed by atoms with E-state index in [1.165, 1.54) is 42.2 Å². The lowest BCUT2D eigenvalue weighted by molar-refractivity contribution is -0.120. The number of anilines is 2. The van der Waals surface area contributed by atoms with Crippen molar-refractivity contribution < 1.29 is 14.0 Å². The molecule has 2 amide bonds. The van der Waals surface area contributed by atoms with E-state index in [0.717, 1.165) is 0 Å². The van der Waals surface area contributed by atoms with Crippen LogP contribution in [0.15, 0.2) is 42.5 Å². The average molecular weight is 355 g/mol. The molecule has 23 heavy (non-hydrogen) atoms. The summed E-state index contributed by atoms with van der Waals surface area (Å²) in [4.78, 5) is 25.1. The smallest absolute Gasteiger partial charge is 0.244 e. The summed E-state index contributed by atoms with van der Waals surface area (Å²) >= 11 is 11.8. The molecule has 0 saturated carbocycles. The second kappa shape index (κ2) is 7.44. The Bertz CT molecular complexity index is 715. The summed E-state index contributed by atoms with van der Waals surface area (Å²) in [6.45, 7) is 1.11. The fourth-order valence-corrected chi connectivity index (χ4v) is 2.47. The van der Waals surface area contributed by atoms with E-state index >= 15 is 0 Å². The van der Waals surface area contributed by atoms with Gasteiger partial charge < -0.3 is 10.2 Å². The highest BCUT2D eigenvalue weighted by atomic mass is 35.5. The van der Waals surface area contributed by atoms with Crippen LogP contribution in [0.25, 0.3) is 0 Å². The van der Waals surface area contributed by atoms with Crippen LogP contribution in [0.1, 0.15) is 6.92 Å². The monoisotopic (exact) mass is 354 g/mol. The molecule has 0 heterocycles. The Hall–Kier alpha value is -2.11. The fraction of sp³-hybridized carbons (Fsp3) is 0.125. The predicted molar refractivity (Wildman–Crippen MR) is 89.5 cm³/mol. The molecule has 0 radical (unpaired) electrons. The van der Waals surface area contributed by atoms with Gasteiger partial charge in [0.1, 0.15) is 12.4 Å². The quantitative estimate of drug-likeness (QED) is 0.897. The van der Waals surface area contributed by atoms with Crippen LogP contribution < -0.4 is 10.2 Å². The van der Waals surface area contributed by atoms with Crippen LogP contribution in [0, 0.1) is 5.82 Å². The third-order valence-corrected chi connectivity index (χ3v) is 3.41. The summed E-state index contributed by atoms with van der Waals surface area (Å²) in [5, 5.41) is 3.31. The molecule has 0 spiro atoms. The normalized spacial score (nSPS) is 10.3. The van der Waals surface area contributed by atoms with Gasteiger partial charge in [0, 0.05) is 28.3 Å². The van der Waals surface area contributed by atoms with Gasteiger partial charge in [0.25, 0.3) is 0 Å². The summed E-state index contributed by atoms with van der Waals surface area (Å²) in [7, 11) is 0. The van der Waals surface area contributed by atoms with Crippen molar-refractivity contribution in [1.29, 1.82) is 0 Å². The van der Waals surface area contributed by atoms with E-state index in [9.17, 15) is 14.0 Å². The Labute approximate surface area is 142 Å². The topological polar surface area (TPSA) is 49.4 Å². The Morgan fingerprint density at radius 1 is 1.09 bits per heavy atom. The van der Waals surface area contributed by atoms with Crippen LogP contribution in [0.2, 0.25) is 10.0 Å². The SMILES string of the molecule is CC(=O)N(CC(=O)Nc1ccc(F)cc1)c1cc(Cl)cc(Cl)c1. The molecule has 2 aromatic carbocycles. The van der Waals surface area contributed by atoms with Gasteiger partial charge in [-0.25, -0.2) is 4.39 Å². The Morgan fingerprint density at radius 3 is 2.17 bits per heavy atom. The minimum Gasteiger partial charge on any atom is -0.325 e. The van der Waals surface area contributed by atoms with Crippen LogP contribution in [0.3, 0.4) is 0 Å². The van der Waals surface area contributed by atoms with Gasteiger partial charge in [0.2, 0.25) is 11.8 Å². The zero-order valence-corrected chi connectivity index (χ0v) is 13.7. The molecule has 0 atom stereocenters. The van der Waals surface area contributed by atoms with E-state index in [4.69, 9.17) is 23.2 Å². The molecule has 0 fully saturated rings. The zero-order chi connectivity index (χ0) is 17.0. The number of hydrogen-bond donors (Lipinski definition) is 1. The molecule has 7 heteroatoms. The molecule has 0 unspecified atom stereocenters. The van der Waals surface area contributed by atoms with Crippen molar-refractivity contribution in [2.24, 2.45) is 0 Å². The van der Waals surface area contributed by atoms with Gasteiger partial charge in [0.05, 0.1) is 0 Å². The van der Waals surface area contributed by atoms with Crippen LogP contribution in [0.5, 0.6) is 0 Å². The molecule has 0 aliphatic carbocycles. The van der Waals surface area contributed by atoms with E-state index in [1.54, 1.807) is 12.1 Å². The minimum atomic E-state index is -0.428. The zero-order valence-electron chi connectivity index (χ0n) is 12.1. The molecular weight excluding hydrogens is 342 g/mol. The summed E-state index contributed by atoms with van der Waals surface area (Å²) in [6.07, 6.45) is 0. The second-order valence-electron chi connectivity index (χ2n) is 4.79. The van der Waals surface area contributed by atoms with Crippen molar-refractivity contribution >= 4 is 46.4 Å². The summed E-state index contributed by atoms with van der Waals surface area (Å²) in [5.74, 6) is -1.16. The number of halogens is 3.